The van der Waals surface area contributed by atoms with Crippen molar-refractivity contribution in [1.82, 2.24) is 9.97 Å². The van der Waals surface area contributed by atoms with Crippen molar-refractivity contribution in [2.24, 2.45) is 5.73 Å². The number of imidazole rings is 1. The highest BCUT2D eigenvalue weighted by molar-refractivity contribution is 5.86. The number of hydrogen-bond acceptors (Lipinski definition) is 3. The molecule has 3 aromatic rings. The van der Waals surface area contributed by atoms with Gasteiger partial charge >= 0.3 is 0 Å². The van der Waals surface area contributed by atoms with Gasteiger partial charge in [0, 0.05) is 37.2 Å². The third-order valence-corrected chi connectivity index (χ3v) is 4.65. The van der Waals surface area contributed by atoms with Crippen LogP contribution in [0.3, 0.4) is 0 Å². The Labute approximate surface area is 168 Å². The summed E-state index contributed by atoms with van der Waals surface area (Å²) in [6, 6.07) is 13.2. The smallest absolute Gasteiger partial charge is 0.270 e. The van der Waals surface area contributed by atoms with Gasteiger partial charge in [0.15, 0.2) is 5.78 Å². The second-order valence-corrected chi connectivity index (χ2v) is 7.12. The van der Waals surface area contributed by atoms with Crippen molar-refractivity contribution >= 4 is 17.9 Å². The lowest BCUT2D eigenvalue weighted by Crippen LogP contribution is -2.34. The van der Waals surface area contributed by atoms with E-state index < -0.39 is 12.0 Å². The largest absolute Gasteiger partial charge is 0.348 e. The van der Waals surface area contributed by atoms with E-state index in [-0.39, 0.29) is 17.8 Å². The maximum atomic E-state index is 13.3. The van der Waals surface area contributed by atoms with Gasteiger partial charge in [-0.15, -0.1) is 0 Å². The van der Waals surface area contributed by atoms with Crippen LogP contribution in [0.5, 0.6) is 0 Å². The number of carbonyl (C=O) groups excluding carboxylic acids is 1. The van der Waals surface area contributed by atoms with E-state index in [1.165, 1.54) is 12.1 Å². The Morgan fingerprint density at radius 3 is 2.21 bits per heavy atom. The summed E-state index contributed by atoms with van der Waals surface area (Å²) in [5, 5.41) is 0. The summed E-state index contributed by atoms with van der Waals surface area (Å²) < 4.78 is 26.5. The van der Waals surface area contributed by atoms with Gasteiger partial charge < -0.3 is 10.7 Å². The van der Waals surface area contributed by atoms with Gasteiger partial charge in [0.2, 0.25) is 0 Å². The second-order valence-electron chi connectivity index (χ2n) is 7.12. The molecule has 150 valence electrons. The van der Waals surface area contributed by atoms with E-state index in [2.05, 4.69) is 9.97 Å². The molecule has 1 aromatic heterocycles. The van der Waals surface area contributed by atoms with Gasteiger partial charge in [0.05, 0.1) is 12.4 Å². The SMILES string of the molecule is CC(F)(F)c1ccc(/C=C/c2ccc(CC(=O)[C@@H](N)Cc3cnc[nH]3)cc2)cc1. The van der Waals surface area contributed by atoms with Gasteiger partial charge in [-0.25, -0.2) is 13.8 Å². The lowest BCUT2D eigenvalue weighted by molar-refractivity contribution is -0.119. The average molecular weight is 395 g/mol. The number of carbonyl (C=O) groups is 1. The summed E-state index contributed by atoms with van der Waals surface area (Å²) >= 11 is 0. The first-order valence-electron chi connectivity index (χ1n) is 9.32. The van der Waals surface area contributed by atoms with Crippen LogP contribution in [-0.2, 0) is 23.6 Å². The fourth-order valence-corrected chi connectivity index (χ4v) is 2.91. The average Bonchev–Trinajstić information content (AvgIpc) is 3.20. The van der Waals surface area contributed by atoms with E-state index in [0.717, 1.165) is 29.3 Å². The van der Waals surface area contributed by atoms with E-state index in [1.807, 2.05) is 36.4 Å². The van der Waals surface area contributed by atoms with Crippen LogP contribution in [0.25, 0.3) is 12.2 Å². The summed E-state index contributed by atoms with van der Waals surface area (Å²) in [5.74, 6) is -2.87. The molecule has 0 unspecified atom stereocenters. The number of benzene rings is 2. The van der Waals surface area contributed by atoms with Crippen LogP contribution in [0.4, 0.5) is 8.78 Å². The number of hydrogen-bond donors (Lipinski definition) is 2. The van der Waals surface area contributed by atoms with Crippen molar-refractivity contribution in [3.63, 3.8) is 0 Å². The maximum absolute atomic E-state index is 13.3. The minimum Gasteiger partial charge on any atom is -0.348 e. The molecular formula is C23H23F2N3O. The van der Waals surface area contributed by atoms with Gasteiger partial charge in [-0.1, -0.05) is 60.7 Å². The van der Waals surface area contributed by atoms with Crippen molar-refractivity contribution in [3.05, 3.63) is 89.0 Å². The Hall–Kier alpha value is -3.12. The molecule has 4 nitrogen and oxygen atoms in total. The van der Waals surface area contributed by atoms with Crippen molar-refractivity contribution in [1.29, 1.82) is 0 Å². The van der Waals surface area contributed by atoms with Gasteiger partial charge in [0.25, 0.3) is 5.92 Å². The fourth-order valence-electron chi connectivity index (χ4n) is 2.91. The molecule has 0 fully saturated rings. The zero-order valence-electron chi connectivity index (χ0n) is 16.1. The number of aromatic amines is 1. The Balaban J connectivity index is 1.57. The molecule has 0 spiro atoms. The number of halogens is 2. The first kappa shape index (κ1) is 20.6. The number of nitrogens with one attached hydrogen (secondary N) is 1. The number of H-pyrrole nitrogens is 1. The molecule has 0 amide bonds. The Morgan fingerprint density at radius 2 is 1.69 bits per heavy atom. The maximum Gasteiger partial charge on any atom is 0.270 e. The van der Waals surface area contributed by atoms with Crippen LogP contribution >= 0.6 is 0 Å². The van der Waals surface area contributed by atoms with Gasteiger partial charge in [-0.05, 0) is 16.7 Å². The molecule has 0 aliphatic carbocycles. The summed E-state index contributed by atoms with van der Waals surface area (Å²) in [4.78, 5) is 19.2. The van der Waals surface area contributed by atoms with E-state index in [1.54, 1.807) is 24.7 Å². The predicted molar refractivity (Wildman–Crippen MR) is 110 cm³/mol. The lowest BCUT2D eigenvalue weighted by atomic mass is 10.00. The molecule has 3 rings (SSSR count). The number of alkyl halides is 2. The fraction of sp³-hybridized carbons (Fsp3) is 0.217. The van der Waals surface area contributed by atoms with Gasteiger partial charge in [0.1, 0.15) is 0 Å². The van der Waals surface area contributed by atoms with E-state index >= 15 is 0 Å². The van der Waals surface area contributed by atoms with Gasteiger partial charge in [-0.3, -0.25) is 4.79 Å². The quantitative estimate of drug-likeness (QED) is 0.556. The molecule has 0 saturated carbocycles. The van der Waals surface area contributed by atoms with Crippen molar-refractivity contribution in [2.45, 2.75) is 31.7 Å². The second kappa shape index (κ2) is 8.92. The minimum atomic E-state index is -2.84. The number of Topliss-reactive ketones (excluding diaryl/α,β-unsaturated/α-hetero) is 1. The topological polar surface area (TPSA) is 71.8 Å². The summed E-state index contributed by atoms with van der Waals surface area (Å²) in [6.07, 6.45) is 7.68. The summed E-state index contributed by atoms with van der Waals surface area (Å²) in [5.41, 5.74) is 9.49. The molecule has 1 heterocycles. The number of rotatable bonds is 8. The Kier molecular flexibility index (Phi) is 6.34. The third kappa shape index (κ3) is 5.93. The predicted octanol–water partition coefficient (Wildman–Crippen LogP) is 4.37. The van der Waals surface area contributed by atoms with Crippen molar-refractivity contribution in [2.75, 3.05) is 0 Å². The Morgan fingerprint density at radius 1 is 1.10 bits per heavy atom. The summed E-state index contributed by atoms with van der Waals surface area (Å²) in [6.45, 7) is 0.883. The first-order valence-corrected chi connectivity index (χ1v) is 9.32. The van der Waals surface area contributed by atoms with Crippen LogP contribution in [-0.4, -0.2) is 21.8 Å². The Bertz CT molecular complexity index is 957. The van der Waals surface area contributed by atoms with Crippen molar-refractivity contribution in [3.8, 4) is 0 Å². The highest BCUT2D eigenvalue weighted by Crippen LogP contribution is 2.27. The molecule has 2 aromatic carbocycles. The zero-order valence-corrected chi connectivity index (χ0v) is 16.1. The van der Waals surface area contributed by atoms with E-state index in [0.29, 0.717) is 6.42 Å². The van der Waals surface area contributed by atoms with E-state index in [4.69, 9.17) is 5.73 Å². The number of aromatic nitrogens is 2. The monoisotopic (exact) mass is 395 g/mol. The van der Waals surface area contributed by atoms with Gasteiger partial charge in [-0.2, -0.15) is 0 Å². The molecule has 3 N–H and O–H groups in total. The molecule has 29 heavy (non-hydrogen) atoms. The first-order chi connectivity index (χ1) is 13.8. The number of ketones is 1. The number of nitrogens with two attached hydrogens (primary N) is 1. The molecule has 6 heteroatoms. The molecule has 1 atom stereocenters. The van der Waals surface area contributed by atoms with Crippen molar-refractivity contribution < 1.29 is 13.6 Å². The molecule has 0 aliphatic rings. The molecule has 0 saturated heterocycles. The molecule has 0 bridgehead atoms. The van der Waals surface area contributed by atoms with Crippen LogP contribution in [0.2, 0.25) is 0 Å². The minimum absolute atomic E-state index is 0.00518. The van der Waals surface area contributed by atoms with E-state index in [9.17, 15) is 13.6 Å². The number of nitrogens with zero attached hydrogens (tertiary/aromatic N) is 1. The standard InChI is InChI=1S/C23H23F2N3O/c1-23(24,25)19-10-8-17(9-11-19)3-2-16-4-6-18(7-5-16)12-22(29)21(26)13-20-14-27-15-28-20/h2-11,14-15,21H,12-13,26H2,1H3,(H,27,28)/b3-2+/t21-/m0/s1. The summed E-state index contributed by atoms with van der Waals surface area (Å²) in [7, 11) is 0. The molecule has 0 aliphatic heterocycles. The zero-order chi connectivity index (χ0) is 20.9. The third-order valence-electron chi connectivity index (χ3n) is 4.65. The molecular weight excluding hydrogens is 372 g/mol. The van der Waals surface area contributed by atoms with Crippen LogP contribution in [0.15, 0.2) is 61.1 Å². The van der Waals surface area contributed by atoms with Crippen LogP contribution in [0.1, 0.15) is 34.9 Å². The molecule has 0 radical (unpaired) electrons. The highest BCUT2D eigenvalue weighted by Gasteiger charge is 2.23. The highest BCUT2D eigenvalue weighted by atomic mass is 19.3. The van der Waals surface area contributed by atoms with Crippen LogP contribution < -0.4 is 5.73 Å². The lowest BCUT2D eigenvalue weighted by Gasteiger charge is -2.10. The normalized spacial score (nSPS) is 13.0. The van der Waals surface area contributed by atoms with Crippen LogP contribution in [0, 0.1) is 0 Å².